The third kappa shape index (κ3) is 1.86. The van der Waals surface area contributed by atoms with Crippen LogP contribution < -0.4 is 4.74 Å². The van der Waals surface area contributed by atoms with Crippen LogP contribution in [0.2, 0.25) is 0 Å². The predicted molar refractivity (Wildman–Crippen MR) is 61.6 cm³/mol. The molecule has 0 unspecified atom stereocenters. The molecule has 0 N–H and O–H groups in total. The summed E-state index contributed by atoms with van der Waals surface area (Å²) in [5.41, 5.74) is 1.67. The third-order valence-corrected chi connectivity index (χ3v) is 2.84. The van der Waals surface area contributed by atoms with Crippen LogP contribution in [0.5, 0.6) is 5.75 Å². The molecule has 0 radical (unpaired) electrons. The molecule has 0 saturated carbocycles. The molecule has 0 aliphatic carbocycles. The summed E-state index contributed by atoms with van der Waals surface area (Å²) in [6.45, 7) is 0. The van der Waals surface area contributed by atoms with E-state index >= 15 is 0 Å². The Morgan fingerprint density at radius 2 is 2.31 bits per heavy atom. The second kappa shape index (κ2) is 4.49. The van der Waals surface area contributed by atoms with Crippen LogP contribution in [0.15, 0.2) is 33.5 Å². The molecule has 16 heavy (non-hydrogen) atoms. The fourth-order valence-electron chi connectivity index (χ4n) is 1.35. The molecule has 0 fully saturated rings. The summed E-state index contributed by atoms with van der Waals surface area (Å²) in [4.78, 5) is 10.8. The first kappa shape index (κ1) is 10.9. The molecule has 0 aliphatic heterocycles. The van der Waals surface area contributed by atoms with E-state index in [0.717, 1.165) is 10.0 Å². The molecular weight excluding hydrogens is 274 g/mol. The van der Waals surface area contributed by atoms with Crippen LogP contribution in [0, 0.1) is 0 Å². The van der Waals surface area contributed by atoms with Crippen molar-refractivity contribution in [3.05, 3.63) is 34.5 Å². The van der Waals surface area contributed by atoms with Gasteiger partial charge in [0, 0.05) is 10.0 Å². The standard InChI is InChI=1S/C11H8BrNO3/c1-15-8-2-3-10(12)9(4-8)11-7(5-14)6-16-13-11/h2-6H,1H3. The lowest BCUT2D eigenvalue weighted by molar-refractivity contribution is 0.112. The Bertz CT molecular complexity index is 522. The fourth-order valence-corrected chi connectivity index (χ4v) is 1.78. The van der Waals surface area contributed by atoms with Gasteiger partial charge in [-0.2, -0.15) is 0 Å². The molecule has 2 rings (SSSR count). The molecular formula is C11H8BrNO3. The lowest BCUT2D eigenvalue weighted by Crippen LogP contribution is -1.88. The number of aromatic nitrogens is 1. The van der Waals surface area contributed by atoms with E-state index in [-0.39, 0.29) is 0 Å². The SMILES string of the molecule is COc1ccc(Br)c(-c2nocc2C=O)c1. The normalized spacial score (nSPS) is 10.1. The summed E-state index contributed by atoms with van der Waals surface area (Å²) in [6.07, 6.45) is 2.02. The number of methoxy groups -OCH3 is 1. The van der Waals surface area contributed by atoms with Crippen LogP contribution in [0.3, 0.4) is 0 Å². The Labute approximate surface area is 100 Å². The number of hydrogen-bond donors (Lipinski definition) is 0. The number of hydrogen-bond acceptors (Lipinski definition) is 4. The van der Waals surface area contributed by atoms with Gasteiger partial charge < -0.3 is 9.26 Å². The number of ether oxygens (including phenoxy) is 1. The Hall–Kier alpha value is -1.62. The number of rotatable bonds is 3. The van der Waals surface area contributed by atoms with Gasteiger partial charge in [0.1, 0.15) is 17.7 Å². The van der Waals surface area contributed by atoms with Crippen molar-refractivity contribution in [1.82, 2.24) is 5.16 Å². The molecule has 4 nitrogen and oxygen atoms in total. The van der Waals surface area contributed by atoms with Crippen LogP contribution >= 0.6 is 15.9 Å². The second-order valence-electron chi connectivity index (χ2n) is 3.08. The Kier molecular flexibility index (Phi) is 3.05. The molecule has 1 heterocycles. The molecule has 0 atom stereocenters. The smallest absolute Gasteiger partial charge is 0.155 e. The molecule has 0 saturated heterocycles. The molecule has 1 aromatic carbocycles. The lowest BCUT2D eigenvalue weighted by atomic mass is 10.1. The first-order valence-electron chi connectivity index (χ1n) is 4.49. The average Bonchev–Trinajstić information content (AvgIpc) is 2.77. The minimum absolute atomic E-state index is 0.411. The van der Waals surface area contributed by atoms with Gasteiger partial charge in [-0.05, 0) is 18.2 Å². The second-order valence-corrected chi connectivity index (χ2v) is 3.94. The van der Waals surface area contributed by atoms with Crippen molar-refractivity contribution in [2.75, 3.05) is 7.11 Å². The monoisotopic (exact) mass is 281 g/mol. The number of benzene rings is 1. The summed E-state index contributed by atoms with van der Waals surface area (Å²) in [7, 11) is 1.58. The maximum atomic E-state index is 10.8. The highest BCUT2D eigenvalue weighted by Gasteiger charge is 2.13. The van der Waals surface area contributed by atoms with Crippen molar-refractivity contribution < 1.29 is 14.1 Å². The summed E-state index contributed by atoms with van der Waals surface area (Å²) < 4.78 is 10.7. The van der Waals surface area contributed by atoms with Crippen LogP contribution in [0.4, 0.5) is 0 Å². The van der Waals surface area contributed by atoms with Crippen molar-refractivity contribution in [3.8, 4) is 17.0 Å². The van der Waals surface area contributed by atoms with E-state index in [0.29, 0.717) is 23.3 Å². The topological polar surface area (TPSA) is 52.3 Å². The van der Waals surface area contributed by atoms with E-state index in [1.807, 2.05) is 12.1 Å². The van der Waals surface area contributed by atoms with Gasteiger partial charge in [-0.15, -0.1) is 0 Å². The van der Waals surface area contributed by atoms with Gasteiger partial charge in [0.05, 0.1) is 12.7 Å². The molecule has 0 spiro atoms. The minimum atomic E-state index is 0.411. The van der Waals surface area contributed by atoms with Gasteiger partial charge >= 0.3 is 0 Å². The van der Waals surface area contributed by atoms with Crippen LogP contribution in [-0.2, 0) is 0 Å². The van der Waals surface area contributed by atoms with Gasteiger partial charge in [-0.1, -0.05) is 21.1 Å². The molecule has 2 aromatic rings. The number of halogens is 1. The zero-order valence-electron chi connectivity index (χ0n) is 8.44. The van der Waals surface area contributed by atoms with Gasteiger partial charge in [-0.25, -0.2) is 0 Å². The highest BCUT2D eigenvalue weighted by molar-refractivity contribution is 9.10. The van der Waals surface area contributed by atoms with Gasteiger partial charge in [-0.3, -0.25) is 4.79 Å². The zero-order chi connectivity index (χ0) is 11.5. The highest BCUT2D eigenvalue weighted by Crippen LogP contribution is 2.32. The van der Waals surface area contributed by atoms with Gasteiger partial charge in [0.2, 0.25) is 0 Å². The van der Waals surface area contributed by atoms with Gasteiger partial charge in [0.15, 0.2) is 6.29 Å². The van der Waals surface area contributed by atoms with Crippen molar-refractivity contribution in [2.45, 2.75) is 0 Å². The minimum Gasteiger partial charge on any atom is -0.497 e. The molecule has 5 heteroatoms. The largest absolute Gasteiger partial charge is 0.497 e. The van der Waals surface area contributed by atoms with Crippen molar-refractivity contribution in [1.29, 1.82) is 0 Å². The maximum Gasteiger partial charge on any atom is 0.155 e. The fraction of sp³-hybridized carbons (Fsp3) is 0.0909. The first-order valence-corrected chi connectivity index (χ1v) is 5.29. The summed E-state index contributed by atoms with van der Waals surface area (Å²) in [5, 5.41) is 3.80. The number of carbonyl (C=O) groups excluding carboxylic acids is 1. The highest BCUT2D eigenvalue weighted by atomic mass is 79.9. The first-order chi connectivity index (χ1) is 7.76. The van der Waals surface area contributed by atoms with Gasteiger partial charge in [0.25, 0.3) is 0 Å². The predicted octanol–water partition coefficient (Wildman–Crippen LogP) is 2.93. The molecule has 0 amide bonds. The van der Waals surface area contributed by atoms with Crippen LogP contribution in [-0.4, -0.2) is 18.6 Å². The quantitative estimate of drug-likeness (QED) is 0.812. The van der Waals surface area contributed by atoms with Crippen molar-refractivity contribution in [3.63, 3.8) is 0 Å². The molecule has 1 aromatic heterocycles. The third-order valence-electron chi connectivity index (χ3n) is 2.15. The van der Waals surface area contributed by atoms with E-state index in [4.69, 9.17) is 9.26 Å². The van der Waals surface area contributed by atoms with E-state index in [2.05, 4.69) is 21.1 Å². The van der Waals surface area contributed by atoms with Crippen molar-refractivity contribution in [2.24, 2.45) is 0 Å². The Morgan fingerprint density at radius 3 is 3.00 bits per heavy atom. The summed E-state index contributed by atoms with van der Waals surface area (Å²) >= 11 is 3.39. The Balaban J connectivity index is 2.58. The van der Waals surface area contributed by atoms with E-state index in [9.17, 15) is 4.79 Å². The molecule has 0 aliphatic rings. The number of aldehydes is 1. The van der Waals surface area contributed by atoms with Crippen LogP contribution in [0.25, 0.3) is 11.3 Å². The summed E-state index contributed by atoms with van der Waals surface area (Å²) in [6, 6.07) is 5.43. The summed E-state index contributed by atoms with van der Waals surface area (Å²) in [5.74, 6) is 0.693. The number of nitrogens with zero attached hydrogens (tertiary/aromatic N) is 1. The van der Waals surface area contributed by atoms with Crippen LogP contribution in [0.1, 0.15) is 10.4 Å². The average molecular weight is 282 g/mol. The number of carbonyl (C=O) groups is 1. The maximum absolute atomic E-state index is 10.8. The molecule has 82 valence electrons. The zero-order valence-corrected chi connectivity index (χ0v) is 10.0. The van der Waals surface area contributed by atoms with E-state index in [1.54, 1.807) is 13.2 Å². The Morgan fingerprint density at radius 1 is 1.50 bits per heavy atom. The lowest BCUT2D eigenvalue weighted by Gasteiger charge is -2.04. The van der Waals surface area contributed by atoms with E-state index < -0.39 is 0 Å². The van der Waals surface area contributed by atoms with E-state index in [1.165, 1.54) is 6.26 Å². The van der Waals surface area contributed by atoms with Crippen molar-refractivity contribution >= 4 is 22.2 Å². The molecule has 0 bridgehead atoms.